The lowest BCUT2D eigenvalue weighted by atomic mass is 10.0. The Bertz CT molecular complexity index is 717. The first kappa shape index (κ1) is 10.6. The largest absolute Gasteiger partial charge is 0.384 e. The van der Waals surface area contributed by atoms with Crippen molar-refractivity contribution in [1.82, 2.24) is 9.97 Å². The standard InChI is InChI=1S/C11H10BrN3O2/c12-6-4-7-9(15-11(17)10(16)14-7)5-2-1-3-13-8(5)6/h4,13H,1-3H2,(H,14,16)(H,15,17). The highest BCUT2D eigenvalue weighted by Gasteiger charge is 2.16. The molecule has 3 rings (SSSR count). The predicted molar refractivity (Wildman–Crippen MR) is 69.7 cm³/mol. The maximum Gasteiger partial charge on any atom is 0.314 e. The zero-order valence-corrected chi connectivity index (χ0v) is 10.5. The lowest BCUT2D eigenvalue weighted by Gasteiger charge is -2.20. The molecule has 0 amide bonds. The molecular formula is C11H10BrN3O2. The van der Waals surface area contributed by atoms with E-state index in [1.807, 2.05) is 6.07 Å². The van der Waals surface area contributed by atoms with Crippen molar-refractivity contribution >= 4 is 32.7 Å². The molecule has 1 aliphatic rings. The fraction of sp³-hybridized carbons (Fsp3) is 0.273. The van der Waals surface area contributed by atoms with Crippen LogP contribution >= 0.6 is 15.9 Å². The Morgan fingerprint density at radius 3 is 2.76 bits per heavy atom. The number of aromatic nitrogens is 2. The first-order valence-electron chi connectivity index (χ1n) is 5.38. The summed E-state index contributed by atoms with van der Waals surface area (Å²) in [5.74, 6) is 0. The van der Waals surface area contributed by atoms with Crippen molar-refractivity contribution in [3.05, 3.63) is 36.8 Å². The van der Waals surface area contributed by atoms with Crippen molar-refractivity contribution in [2.24, 2.45) is 0 Å². The average molecular weight is 296 g/mol. The Morgan fingerprint density at radius 2 is 1.94 bits per heavy atom. The minimum atomic E-state index is -0.617. The molecule has 17 heavy (non-hydrogen) atoms. The van der Waals surface area contributed by atoms with Gasteiger partial charge in [-0.25, -0.2) is 0 Å². The van der Waals surface area contributed by atoms with Crippen molar-refractivity contribution in [2.75, 3.05) is 11.9 Å². The highest BCUT2D eigenvalue weighted by Crippen LogP contribution is 2.34. The van der Waals surface area contributed by atoms with E-state index in [2.05, 4.69) is 31.2 Å². The third-order valence-corrected chi connectivity index (χ3v) is 3.61. The molecule has 0 saturated carbocycles. The number of aromatic amines is 2. The van der Waals surface area contributed by atoms with E-state index in [0.29, 0.717) is 5.52 Å². The summed E-state index contributed by atoms with van der Waals surface area (Å²) in [5.41, 5.74) is 2.21. The number of halogens is 1. The van der Waals surface area contributed by atoms with E-state index < -0.39 is 11.1 Å². The Balaban J connectivity index is 2.47. The second kappa shape index (κ2) is 3.73. The molecule has 0 atom stereocenters. The topological polar surface area (TPSA) is 77.8 Å². The molecule has 0 bridgehead atoms. The molecule has 88 valence electrons. The molecule has 0 spiro atoms. The van der Waals surface area contributed by atoms with Crippen molar-refractivity contribution in [2.45, 2.75) is 12.8 Å². The number of hydrogen-bond acceptors (Lipinski definition) is 3. The molecule has 2 heterocycles. The lowest BCUT2D eigenvalue weighted by Crippen LogP contribution is -2.29. The van der Waals surface area contributed by atoms with Gasteiger partial charge in [0.25, 0.3) is 0 Å². The molecule has 0 unspecified atom stereocenters. The van der Waals surface area contributed by atoms with Crippen LogP contribution < -0.4 is 16.4 Å². The van der Waals surface area contributed by atoms with E-state index in [-0.39, 0.29) is 0 Å². The molecule has 1 aromatic carbocycles. The molecule has 0 saturated heterocycles. The van der Waals surface area contributed by atoms with Crippen LogP contribution in [0, 0.1) is 0 Å². The third-order valence-electron chi connectivity index (χ3n) is 2.98. The minimum absolute atomic E-state index is 0.604. The normalized spacial score (nSPS) is 14.4. The molecular weight excluding hydrogens is 286 g/mol. The number of rotatable bonds is 0. The Hall–Kier alpha value is -1.56. The van der Waals surface area contributed by atoms with Gasteiger partial charge in [0, 0.05) is 16.6 Å². The number of hydrogen-bond donors (Lipinski definition) is 3. The van der Waals surface area contributed by atoms with Gasteiger partial charge in [-0.05, 0) is 34.8 Å². The minimum Gasteiger partial charge on any atom is -0.384 e. The fourth-order valence-electron chi connectivity index (χ4n) is 2.21. The Morgan fingerprint density at radius 1 is 1.18 bits per heavy atom. The number of aryl methyl sites for hydroxylation is 1. The maximum absolute atomic E-state index is 11.4. The zero-order chi connectivity index (χ0) is 12.0. The summed E-state index contributed by atoms with van der Waals surface area (Å²) in [6.45, 7) is 0.921. The van der Waals surface area contributed by atoms with Gasteiger partial charge in [-0.1, -0.05) is 0 Å². The van der Waals surface area contributed by atoms with Crippen LogP contribution in [-0.2, 0) is 6.42 Å². The van der Waals surface area contributed by atoms with Crippen LogP contribution in [0.3, 0.4) is 0 Å². The van der Waals surface area contributed by atoms with E-state index in [1.165, 1.54) is 0 Å². The molecule has 1 aliphatic heterocycles. The summed E-state index contributed by atoms with van der Waals surface area (Å²) in [6, 6.07) is 1.81. The predicted octanol–water partition coefficient (Wildman–Crippen LogP) is 1.34. The van der Waals surface area contributed by atoms with Crippen LogP contribution in [-0.4, -0.2) is 16.5 Å². The van der Waals surface area contributed by atoms with Gasteiger partial charge >= 0.3 is 11.1 Å². The lowest BCUT2D eigenvalue weighted by molar-refractivity contribution is 0.831. The molecule has 3 N–H and O–H groups in total. The molecule has 0 aliphatic carbocycles. The molecule has 2 aromatic rings. The number of H-pyrrole nitrogens is 2. The Kier molecular flexibility index (Phi) is 2.32. The number of nitrogens with one attached hydrogen (secondary N) is 3. The van der Waals surface area contributed by atoms with Gasteiger partial charge in [0.2, 0.25) is 0 Å². The van der Waals surface area contributed by atoms with Crippen LogP contribution in [0.2, 0.25) is 0 Å². The molecule has 0 radical (unpaired) electrons. The highest BCUT2D eigenvalue weighted by atomic mass is 79.9. The quantitative estimate of drug-likeness (QED) is 0.642. The number of anilines is 1. The van der Waals surface area contributed by atoms with Gasteiger partial charge in [0.05, 0.1) is 16.7 Å². The second-order valence-electron chi connectivity index (χ2n) is 4.07. The van der Waals surface area contributed by atoms with Crippen molar-refractivity contribution in [3.8, 4) is 0 Å². The second-order valence-corrected chi connectivity index (χ2v) is 4.93. The Labute approximate surface area is 104 Å². The van der Waals surface area contributed by atoms with Gasteiger partial charge < -0.3 is 15.3 Å². The first-order chi connectivity index (χ1) is 8.16. The van der Waals surface area contributed by atoms with Crippen LogP contribution in [0.15, 0.2) is 20.1 Å². The van der Waals surface area contributed by atoms with Crippen LogP contribution in [0.4, 0.5) is 5.69 Å². The molecule has 0 fully saturated rings. The summed E-state index contributed by atoms with van der Waals surface area (Å²) in [7, 11) is 0. The van der Waals surface area contributed by atoms with Gasteiger partial charge in [-0.2, -0.15) is 0 Å². The summed E-state index contributed by atoms with van der Waals surface area (Å²) in [5, 5.41) is 3.30. The van der Waals surface area contributed by atoms with Gasteiger partial charge in [0.15, 0.2) is 0 Å². The van der Waals surface area contributed by atoms with E-state index in [9.17, 15) is 9.59 Å². The smallest absolute Gasteiger partial charge is 0.314 e. The first-order valence-corrected chi connectivity index (χ1v) is 6.17. The highest BCUT2D eigenvalue weighted by molar-refractivity contribution is 9.10. The van der Waals surface area contributed by atoms with E-state index >= 15 is 0 Å². The summed E-state index contributed by atoms with van der Waals surface area (Å²) in [6.07, 6.45) is 1.90. The maximum atomic E-state index is 11.4. The summed E-state index contributed by atoms with van der Waals surface area (Å²) >= 11 is 3.47. The van der Waals surface area contributed by atoms with E-state index in [1.54, 1.807) is 0 Å². The van der Waals surface area contributed by atoms with E-state index in [4.69, 9.17) is 0 Å². The summed E-state index contributed by atoms with van der Waals surface area (Å²) < 4.78 is 0.905. The van der Waals surface area contributed by atoms with Gasteiger partial charge in [0.1, 0.15) is 0 Å². The van der Waals surface area contributed by atoms with Crippen molar-refractivity contribution in [3.63, 3.8) is 0 Å². The molecule has 6 heteroatoms. The number of benzene rings is 1. The zero-order valence-electron chi connectivity index (χ0n) is 8.89. The fourth-order valence-corrected chi connectivity index (χ4v) is 2.82. The van der Waals surface area contributed by atoms with Crippen molar-refractivity contribution < 1.29 is 0 Å². The van der Waals surface area contributed by atoms with Crippen LogP contribution in [0.25, 0.3) is 11.0 Å². The molecule has 1 aromatic heterocycles. The van der Waals surface area contributed by atoms with Gasteiger partial charge in [-0.3, -0.25) is 9.59 Å². The number of fused-ring (bicyclic) bond motifs is 3. The van der Waals surface area contributed by atoms with Crippen molar-refractivity contribution in [1.29, 1.82) is 0 Å². The van der Waals surface area contributed by atoms with Crippen LogP contribution in [0.5, 0.6) is 0 Å². The van der Waals surface area contributed by atoms with Crippen LogP contribution in [0.1, 0.15) is 12.0 Å². The average Bonchev–Trinajstić information content (AvgIpc) is 2.32. The SMILES string of the molecule is O=c1[nH]c2cc(Br)c3c(c2[nH]c1=O)CCCN3. The monoisotopic (exact) mass is 295 g/mol. The summed E-state index contributed by atoms with van der Waals surface area (Å²) in [4.78, 5) is 27.9. The third kappa shape index (κ3) is 1.59. The van der Waals surface area contributed by atoms with E-state index in [0.717, 1.165) is 40.6 Å². The van der Waals surface area contributed by atoms with Gasteiger partial charge in [-0.15, -0.1) is 0 Å². The molecule has 5 nitrogen and oxygen atoms in total.